The topological polar surface area (TPSA) is 32.3 Å². The first-order valence-electron chi connectivity index (χ1n) is 6.00. The number of hydrogen-bond acceptors (Lipinski definition) is 2. The van der Waals surface area contributed by atoms with Gasteiger partial charge < -0.3 is 10.4 Å². The average Bonchev–Trinajstić information content (AvgIpc) is 2.07. The van der Waals surface area contributed by atoms with Crippen molar-refractivity contribution in [3.63, 3.8) is 0 Å². The van der Waals surface area contributed by atoms with Crippen LogP contribution in [0, 0.1) is 11.8 Å². The summed E-state index contributed by atoms with van der Waals surface area (Å²) in [6.07, 6.45) is 5.53. The Hall–Kier alpha value is -0.0800. The highest BCUT2D eigenvalue weighted by molar-refractivity contribution is 4.78. The van der Waals surface area contributed by atoms with E-state index in [-0.39, 0.29) is 12.6 Å². The molecule has 0 aromatic heterocycles. The summed E-state index contributed by atoms with van der Waals surface area (Å²) in [7, 11) is 0. The Labute approximate surface area is 88.1 Å². The highest BCUT2D eigenvalue weighted by Gasteiger charge is 2.22. The van der Waals surface area contributed by atoms with E-state index in [1.165, 1.54) is 25.7 Å². The van der Waals surface area contributed by atoms with Gasteiger partial charge in [-0.15, -0.1) is 0 Å². The Kier molecular flexibility index (Phi) is 4.90. The first-order valence-corrected chi connectivity index (χ1v) is 6.00. The molecule has 84 valence electrons. The van der Waals surface area contributed by atoms with Gasteiger partial charge in [-0.25, -0.2) is 0 Å². The maximum absolute atomic E-state index is 9.19. The zero-order chi connectivity index (χ0) is 10.6. The van der Waals surface area contributed by atoms with Gasteiger partial charge in [0, 0.05) is 12.1 Å². The third kappa shape index (κ3) is 3.58. The zero-order valence-electron chi connectivity index (χ0n) is 9.79. The molecule has 1 aliphatic rings. The van der Waals surface area contributed by atoms with Crippen molar-refractivity contribution < 1.29 is 5.11 Å². The Balaban J connectivity index is 2.19. The second kappa shape index (κ2) is 5.72. The van der Waals surface area contributed by atoms with Crippen LogP contribution in [0.5, 0.6) is 0 Å². The minimum atomic E-state index is 0.257. The lowest BCUT2D eigenvalue weighted by Gasteiger charge is -2.31. The Morgan fingerprint density at radius 2 is 1.93 bits per heavy atom. The number of aliphatic hydroxyl groups is 1. The van der Waals surface area contributed by atoms with Crippen LogP contribution in [0.4, 0.5) is 0 Å². The highest BCUT2D eigenvalue weighted by atomic mass is 16.3. The molecule has 14 heavy (non-hydrogen) atoms. The molecule has 1 saturated carbocycles. The predicted octanol–water partition coefficient (Wildman–Crippen LogP) is 2.17. The summed E-state index contributed by atoms with van der Waals surface area (Å²) in [6.45, 7) is 6.81. The number of rotatable bonds is 6. The minimum absolute atomic E-state index is 0.257. The van der Waals surface area contributed by atoms with Gasteiger partial charge in [0.2, 0.25) is 0 Å². The van der Waals surface area contributed by atoms with E-state index in [1.807, 2.05) is 0 Å². The summed E-state index contributed by atoms with van der Waals surface area (Å²) in [6, 6.07) is 0.824. The van der Waals surface area contributed by atoms with Gasteiger partial charge in [0.05, 0.1) is 6.61 Å². The van der Waals surface area contributed by atoms with Crippen molar-refractivity contribution in [2.75, 3.05) is 6.61 Å². The normalized spacial score (nSPS) is 22.1. The van der Waals surface area contributed by atoms with E-state index in [1.54, 1.807) is 0 Å². The van der Waals surface area contributed by atoms with Gasteiger partial charge in [0.15, 0.2) is 0 Å². The van der Waals surface area contributed by atoms with E-state index >= 15 is 0 Å². The summed E-state index contributed by atoms with van der Waals surface area (Å²) >= 11 is 0. The summed E-state index contributed by atoms with van der Waals surface area (Å²) in [4.78, 5) is 0. The lowest BCUT2D eigenvalue weighted by atomic mass is 9.81. The summed E-state index contributed by atoms with van der Waals surface area (Å²) in [5.41, 5.74) is 0. The SMILES string of the molecule is CC(CC1CCC1)N[C@H](CO)C(C)C. The zero-order valence-corrected chi connectivity index (χ0v) is 9.79. The molecule has 2 nitrogen and oxygen atoms in total. The second-order valence-corrected chi connectivity index (χ2v) is 5.13. The summed E-state index contributed by atoms with van der Waals surface area (Å²) in [5.74, 6) is 1.47. The molecular weight excluding hydrogens is 174 g/mol. The molecule has 2 atom stereocenters. The fraction of sp³-hybridized carbons (Fsp3) is 1.00. The quantitative estimate of drug-likeness (QED) is 0.687. The van der Waals surface area contributed by atoms with E-state index in [4.69, 9.17) is 0 Å². The molecule has 0 heterocycles. The fourth-order valence-electron chi connectivity index (χ4n) is 2.12. The highest BCUT2D eigenvalue weighted by Crippen LogP contribution is 2.30. The molecule has 0 radical (unpaired) electrons. The van der Waals surface area contributed by atoms with Crippen LogP contribution in [0.15, 0.2) is 0 Å². The Morgan fingerprint density at radius 3 is 2.29 bits per heavy atom. The van der Waals surface area contributed by atoms with E-state index in [2.05, 4.69) is 26.1 Å². The van der Waals surface area contributed by atoms with Gasteiger partial charge in [0.25, 0.3) is 0 Å². The van der Waals surface area contributed by atoms with Gasteiger partial charge in [-0.05, 0) is 25.2 Å². The molecule has 1 fully saturated rings. The molecule has 0 aromatic rings. The maximum atomic E-state index is 9.19. The van der Waals surface area contributed by atoms with Crippen LogP contribution in [0.1, 0.15) is 46.5 Å². The molecule has 2 N–H and O–H groups in total. The van der Waals surface area contributed by atoms with Crippen molar-refractivity contribution >= 4 is 0 Å². The smallest absolute Gasteiger partial charge is 0.0587 e. The van der Waals surface area contributed by atoms with Crippen LogP contribution in [0.2, 0.25) is 0 Å². The van der Waals surface area contributed by atoms with E-state index in [0.717, 1.165) is 5.92 Å². The fourth-order valence-corrected chi connectivity index (χ4v) is 2.12. The summed E-state index contributed by atoms with van der Waals surface area (Å²) < 4.78 is 0. The van der Waals surface area contributed by atoms with Gasteiger partial charge in [-0.2, -0.15) is 0 Å². The molecule has 1 aliphatic carbocycles. The van der Waals surface area contributed by atoms with Crippen molar-refractivity contribution in [3.05, 3.63) is 0 Å². The largest absolute Gasteiger partial charge is 0.395 e. The molecule has 0 spiro atoms. The van der Waals surface area contributed by atoms with Crippen LogP contribution in [0.3, 0.4) is 0 Å². The first kappa shape index (κ1) is 12.0. The summed E-state index contributed by atoms with van der Waals surface area (Å²) in [5, 5.41) is 12.7. The van der Waals surface area contributed by atoms with Crippen LogP contribution in [0.25, 0.3) is 0 Å². The van der Waals surface area contributed by atoms with E-state index < -0.39 is 0 Å². The number of hydrogen-bond donors (Lipinski definition) is 2. The predicted molar refractivity (Wildman–Crippen MR) is 60.3 cm³/mol. The molecule has 1 unspecified atom stereocenters. The van der Waals surface area contributed by atoms with E-state index in [0.29, 0.717) is 12.0 Å². The van der Waals surface area contributed by atoms with Crippen molar-refractivity contribution in [3.8, 4) is 0 Å². The lowest BCUT2D eigenvalue weighted by molar-refractivity contribution is 0.185. The Bertz CT molecular complexity index is 154. The monoisotopic (exact) mass is 199 g/mol. The van der Waals surface area contributed by atoms with Crippen LogP contribution >= 0.6 is 0 Å². The molecule has 0 amide bonds. The third-order valence-corrected chi connectivity index (χ3v) is 3.41. The van der Waals surface area contributed by atoms with Gasteiger partial charge in [0.1, 0.15) is 0 Å². The van der Waals surface area contributed by atoms with Crippen LogP contribution in [-0.2, 0) is 0 Å². The van der Waals surface area contributed by atoms with Crippen molar-refractivity contribution in [2.24, 2.45) is 11.8 Å². The van der Waals surface area contributed by atoms with Crippen LogP contribution in [-0.4, -0.2) is 23.8 Å². The molecule has 1 rings (SSSR count). The average molecular weight is 199 g/mol. The number of aliphatic hydroxyl groups excluding tert-OH is 1. The van der Waals surface area contributed by atoms with Crippen molar-refractivity contribution in [1.29, 1.82) is 0 Å². The van der Waals surface area contributed by atoms with Crippen molar-refractivity contribution in [1.82, 2.24) is 5.32 Å². The Morgan fingerprint density at radius 1 is 1.29 bits per heavy atom. The van der Waals surface area contributed by atoms with Gasteiger partial charge in [-0.3, -0.25) is 0 Å². The third-order valence-electron chi connectivity index (χ3n) is 3.41. The molecule has 0 bridgehead atoms. The second-order valence-electron chi connectivity index (χ2n) is 5.13. The molecule has 0 aliphatic heterocycles. The number of nitrogens with one attached hydrogen (secondary N) is 1. The van der Waals surface area contributed by atoms with Gasteiger partial charge in [-0.1, -0.05) is 33.1 Å². The standard InChI is InChI=1S/C12H25NO/c1-9(2)12(8-14)13-10(3)7-11-5-4-6-11/h9-14H,4-8H2,1-3H3/t10?,12-/m1/s1. The van der Waals surface area contributed by atoms with Crippen LogP contribution < -0.4 is 5.32 Å². The van der Waals surface area contributed by atoms with E-state index in [9.17, 15) is 5.11 Å². The molecular formula is C12H25NO. The first-order chi connectivity index (χ1) is 6.63. The lowest BCUT2D eigenvalue weighted by Crippen LogP contribution is -2.43. The maximum Gasteiger partial charge on any atom is 0.0587 e. The molecule has 2 heteroatoms. The molecule has 0 aromatic carbocycles. The van der Waals surface area contributed by atoms with Gasteiger partial charge >= 0.3 is 0 Å². The minimum Gasteiger partial charge on any atom is -0.395 e. The van der Waals surface area contributed by atoms with Crippen molar-refractivity contribution in [2.45, 2.75) is 58.5 Å². The molecule has 0 saturated heterocycles.